The molecule has 0 saturated heterocycles. The number of carbonyl (C=O) groups is 1. The van der Waals surface area contributed by atoms with E-state index < -0.39 is 40.5 Å². The number of allylic oxidation sites excluding steroid dienone is 2. The van der Waals surface area contributed by atoms with E-state index in [9.17, 15) is 23.2 Å². The maximum atomic E-state index is 12.7. The summed E-state index contributed by atoms with van der Waals surface area (Å²) in [6.45, 7) is 3.30. The predicted octanol–water partition coefficient (Wildman–Crippen LogP) is 6.54. The Morgan fingerprint density at radius 2 is 1.81 bits per heavy atom. The molecule has 4 nitrogen and oxygen atoms in total. The second-order valence-electron chi connectivity index (χ2n) is 7.77. The fraction of sp³-hybridized carbons (Fsp3) is 0.304. The Labute approximate surface area is 182 Å². The highest BCUT2D eigenvalue weighted by Crippen LogP contribution is 2.60. The quantitative estimate of drug-likeness (QED) is 0.469. The number of rotatable bonds is 6. The molecule has 0 bridgehead atoms. The van der Waals surface area contributed by atoms with E-state index in [-0.39, 0.29) is 0 Å². The normalized spacial score (nSPS) is 21.0. The van der Waals surface area contributed by atoms with Gasteiger partial charge in [0.05, 0.1) is 5.92 Å². The van der Waals surface area contributed by atoms with Gasteiger partial charge in [-0.15, -0.1) is 0 Å². The van der Waals surface area contributed by atoms with Crippen molar-refractivity contribution >= 4 is 17.6 Å². The Hall–Kier alpha value is -2.98. The molecular weight excluding hydrogens is 431 g/mol. The van der Waals surface area contributed by atoms with E-state index in [1.807, 2.05) is 24.3 Å². The van der Waals surface area contributed by atoms with Crippen LogP contribution in [-0.4, -0.2) is 12.1 Å². The van der Waals surface area contributed by atoms with E-state index in [0.29, 0.717) is 17.1 Å². The highest BCUT2D eigenvalue weighted by molar-refractivity contribution is 6.30. The Balaban J connectivity index is 1.72. The summed E-state index contributed by atoms with van der Waals surface area (Å²) in [5, 5.41) is 8.23. The Bertz CT molecular complexity index is 1030. The molecule has 3 atom stereocenters. The first kappa shape index (κ1) is 22.7. The SMILES string of the molecule is CC1(C)C(C=C(Cl)C(F)(F)F)C1C(=O)O[C@@H](C#N)c1cccc(Oc2ccccc2)c1. The molecule has 1 aliphatic carbocycles. The van der Waals surface area contributed by atoms with E-state index in [1.165, 1.54) is 0 Å². The van der Waals surface area contributed by atoms with Crippen molar-refractivity contribution in [3.63, 3.8) is 0 Å². The van der Waals surface area contributed by atoms with Crippen LogP contribution in [0.5, 0.6) is 11.5 Å². The van der Waals surface area contributed by atoms with Gasteiger partial charge in [-0.3, -0.25) is 4.79 Å². The van der Waals surface area contributed by atoms with Crippen LogP contribution < -0.4 is 4.74 Å². The van der Waals surface area contributed by atoms with Crippen molar-refractivity contribution in [1.29, 1.82) is 5.26 Å². The van der Waals surface area contributed by atoms with E-state index >= 15 is 0 Å². The number of halogens is 4. The van der Waals surface area contributed by atoms with Crippen LogP contribution in [-0.2, 0) is 9.53 Å². The third-order valence-corrected chi connectivity index (χ3v) is 5.59. The van der Waals surface area contributed by atoms with Gasteiger partial charge in [0.2, 0.25) is 6.10 Å². The van der Waals surface area contributed by atoms with Crippen LogP contribution in [0.2, 0.25) is 0 Å². The molecule has 2 aromatic carbocycles. The lowest BCUT2D eigenvalue weighted by Gasteiger charge is -2.13. The van der Waals surface area contributed by atoms with Crippen LogP contribution in [0.3, 0.4) is 0 Å². The molecule has 3 rings (SSSR count). The number of hydrogen-bond acceptors (Lipinski definition) is 4. The van der Waals surface area contributed by atoms with Gasteiger partial charge in [0.25, 0.3) is 0 Å². The molecule has 0 spiro atoms. The van der Waals surface area contributed by atoms with Gasteiger partial charge in [-0.1, -0.05) is 61.9 Å². The Morgan fingerprint density at radius 3 is 2.42 bits per heavy atom. The molecule has 2 aromatic rings. The van der Waals surface area contributed by atoms with Crippen molar-refractivity contribution in [2.75, 3.05) is 0 Å². The van der Waals surface area contributed by atoms with Gasteiger partial charge in [0.1, 0.15) is 22.6 Å². The fourth-order valence-electron chi connectivity index (χ4n) is 3.42. The lowest BCUT2D eigenvalue weighted by atomic mass is 10.1. The summed E-state index contributed by atoms with van der Waals surface area (Å²) in [4.78, 5) is 12.6. The number of ether oxygens (including phenoxy) is 2. The lowest BCUT2D eigenvalue weighted by molar-refractivity contribution is -0.149. The van der Waals surface area contributed by atoms with Crippen LogP contribution in [0.25, 0.3) is 0 Å². The Kier molecular flexibility index (Phi) is 6.33. The number of esters is 1. The summed E-state index contributed by atoms with van der Waals surface area (Å²) >= 11 is 5.32. The number of carbonyl (C=O) groups excluding carboxylic acids is 1. The molecule has 0 aromatic heterocycles. The third-order valence-electron chi connectivity index (χ3n) is 5.25. The van der Waals surface area contributed by atoms with Gasteiger partial charge in [0, 0.05) is 5.56 Å². The maximum absolute atomic E-state index is 12.7. The van der Waals surface area contributed by atoms with Crippen molar-refractivity contribution in [2.45, 2.75) is 26.1 Å². The van der Waals surface area contributed by atoms with Crippen LogP contribution in [0.4, 0.5) is 13.2 Å². The molecule has 0 heterocycles. The number of nitrogens with zero attached hydrogens (tertiary/aromatic N) is 1. The summed E-state index contributed by atoms with van der Waals surface area (Å²) in [7, 11) is 0. The smallest absolute Gasteiger partial charge is 0.426 e. The maximum Gasteiger partial charge on any atom is 0.426 e. The number of para-hydroxylation sites is 1. The standard InChI is InChI=1S/C23H19ClF3NO3/c1-22(2)17(12-19(24)23(25,26)27)20(22)21(29)31-18(13-28)14-7-6-10-16(11-14)30-15-8-4-3-5-9-15/h3-12,17-18,20H,1-2H3/t17?,18-,20?/m0/s1. The second-order valence-corrected chi connectivity index (χ2v) is 8.18. The van der Waals surface area contributed by atoms with Gasteiger partial charge in [-0.2, -0.15) is 18.4 Å². The largest absolute Gasteiger partial charge is 0.457 e. The van der Waals surface area contributed by atoms with E-state index in [4.69, 9.17) is 21.1 Å². The predicted molar refractivity (Wildman–Crippen MR) is 108 cm³/mol. The van der Waals surface area contributed by atoms with E-state index in [1.54, 1.807) is 50.2 Å². The van der Waals surface area contributed by atoms with Gasteiger partial charge in [0.15, 0.2) is 0 Å². The molecule has 1 fully saturated rings. The third kappa shape index (κ3) is 5.20. The first-order valence-corrected chi connectivity index (χ1v) is 9.79. The molecule has 0 radical (unpaired) electrons. The summed E-state index contributed by atoms with van der Waals surface area (Å²) in [5.41, 5.74) is -0.371. The minimum atomic E-state index is -4.68. The Morgan fingerprint density at radius 1 is 1.16 bits per heavy atom. The molecule has 2 unspecified atom stereocenters. The van der Waals surface area contributed by atoms with Crippen LogP contribution in [0.1, 0.15) is 25.5 Å². The highest BCUT2D eigenvalue weighted by Gasteiger charge is 2.62. The molecule has 0 aliphatic heterocycles. The van der Waals surface area contributed by atoms with Gasteiger partial charge >= 0.3 is 12.1 Å². The summed E-state index contributed by atoms with van der Waals surface area (Å²) < 4.78 is 49.2. The minimum Gasteiger partial charge on any atom is -0.457 e. The topological polar surface area (TPSA) is 59.3 Å². The van der Waals surface area contributed by atoms with E-state index in [2.05, 4.69) is 0 Å². The number of alkyl halides is 3. The molecule has 1 aliphatic rings. The first-order valence-electron chi connectivity index (χ1n) is 9.41. The molecular formula is C23H19ClF3NO3. The van der Waals surface area contributed by atoms with Gasteiger partial charge in [-0.25, -0.2) is 0 Å². The molecule has 162 valence electrons. The summed E-state index contributed by atoms with van der Waals surface area (Å²) in [6.07, 6.45) is -5.07. The number of nitriles is 1. The van der Waals surface area contributed by atoms with Crippen molar-refractivity contribution < 1.29 is 27.4 Å². The zero-order valence-corrected chi connectivity index (χ0v) is 17.4. The monoisotopic (exact) mass is 449 g/mol. The van der Waals surface area contributed by atoms with Crippen molar-refractivity contribution in [1.82, 2.24) is 0 Å². The van der Waals surface area contributed by atoms with Gasteiger partial charge in [-0.05, 0) is 35.6 Å². The average molecular weight is 450 g/mol. The van der Waals surface area contributed by atoms with Crippen molar-refractivity contribution in [3.8, 4) is 17.6 Å². The molecule has 1 saturated carbocycles. The first-order chi connectivity index (χ1) is 14.5. The lowest BCUT2D eigenvalue weighted by Crippen LogP contribution is -2.14. The molecule has 0 amide bonds. The summed E-state index contributed by atoms with van der Waals surface area (Å²) in [6, 6.07) is 17.4. The average Bonchev–Trinajstić information content (AvgIpc) is 3.26. The number of benzene rings is 2. The van der Waals surface area contributed by atoms with E-state index in [0.717, 1.165) is 6.08 Å². The zero-order chi connectivity index (χ0) is 22.8. The number of hydrogen-bond donors (Lipinski definition) is 0. The second kappa shape index (κ2) is 8.64. The van der Waals surface area contributed by atoms with Crippen LogP contribution in [0, 0.1) is 28.6 Å². The van der Waals surface area contributed by atoms with Crippen LogP contribution >= 0.6 is 11.6 Å². The molecule has 0 N–H and O–H groups in total. The highest BCUT2D eigenvalue weighted by atomic mass is 35.5. The van der Waals surface area contributed by atoms with Gasteiger partial charge < -0.3 is 9.47 Å². The molecule has 31 heavy (non-hydrogen) atoms. The minimum absolute atomic E-state index is 0.392. The van der Waals surface area contributed by atoms with Crippen molar-refractivity contribution in [2.24, 2.45) is 17.3 Å². The fourth-order valence-corrected chi connectivity index (χ4v) is 3.55. The zero-order valence-electron chi connectivity index (χ0n) is 16.7. The molecule has 8 heteroatoms. The van der Waals surface area contributed by atoms with Crippen molar-refractivity contribution in [3.05, 3.63) is 71.3 Å². The summed E-state index contributed by atoms with van der Waals surface area (Å²) in [5.74, 6) is -1.27. The van der Waals surface area contributed by atoms with Crippen LogP contribution in [0.15, 0.2) is 65.7 Å².